The van der Waals surface area contributed by atoms with Crippen LogP contribution in [-0.2, 0) is 6.54 Å². The number of hydrogen-bond donors (Lipinski definition) is 2. The first-order valence-corrected chi connectivity index (χ1v) is 6.47. The molecule has 7 heteroatoms. The standard InChI is InChI=1S/C12H10N4O2S/c17-12(14-7-11-13-3-5-19-11)9-6-8(15-16-9)10-2-1-4-18-10/h1-6H,7H2,(H,14,17)(H,15,16). The molecule has 0 aliphatic carbocycles. The summed E-state index contributed by atoms with van der Waals surface area (Å²) in [6.07, 6.45) is 3.27. The first kappa shape index (κ1) is 11.7. The number of carbonyl (C=O) groups excluding carboxylic acids is 1. The first-order valence-electron chi connectivity index (χ1n) is 5.59. The van der Waals surface area contributed by atoms with E-state index in [2.05, 4.69) is 20.5 Å². The van der Waals surface area contributed by atoms with Crippen molar-refractivity contribution in [2.24, 2.45) is 0 Å². The zero-order chi connectivity index (χ0) is 13.1. The molecular formula is C12H10N4O2S. The fourth-order valence-corrected chi connectivity index (χ4v) is 2.14. The van der Waals surface area contributed by atoms with Crippen molar-refractivity contribution < 1.29 is 9.21 Å². The van der Waals surface area contributed by atoms with Gasteiger partial charge in [0.05, 0.1) is 12.8 Å². The van der Waals surface area contributed by atoms with Gasteiger partial charge in [-0.1, -0.05) is 0 Å². The topological polar surface area (TPSA) is 83.8 Å². The molecule has 0 aliphatic rings. The van der Waals surface area contributed by atoms with E-state index in [1.54, 1.807) is 30.7 Å². The third-order valence-electron chi connectivity index (χ3n) is 2.48. The maximum atomic E-state index is 11.9. The number of nitrogens with one attached hydrogen (secondary N) is 2. The van der Waals surface area contributed by atoms with E-state index in [-0.39, 0.29) is 5.91 Å². The van der Waals surface area contributed by atoms with Crippen LogP contribution in [0.4, 0.5) is 0 Å². The zero-order valence-corrected chi connectivity index (χ0v) is 10.6. The van der Waals surface area contributed by atoms with Crippen molar-refractivity contribution in [3.63, 3.8) is 0 Å². The largest absolute Gasteiger partial charge is 0.463 e. The minimum atomic E-state index is -0.246. The molecule has 3 aromatic heterocycles. The van der Waals surface area contributed by atoms with Crippen molar-refractivity contribution in [2.45, 2.75) is 6.54 Å². The molecule has 0 aromatic carbocycles. The average molecular weight is 274 g/mol. The number of H-pyrrole nitrogens is 1. The fraction of sp³-hybridized carbons (Fsp3) is 0.0833. The molecule has 19 heavy (non-hydrogen) atoms. The van der Waals surface area contributed by atoms with Crippen LogP contribution in [0.15, 0.2) is 40.5 Å². The van der Waals surface area contributed by atoms with Crippen molar-refractivity contribution >= 4 is 17.2 Å². The van der Waals surface area contributed by atoms with Crippen LogP contribution in [0.3, 0.4) is 0 Å². The summed E-state index contributed by atoms with van der Waals surface area (Å²) in [6, 6.07) is 5.22. The van der Waals surface area contributed by atoms with Gasteiger partial charge in [-0.3, -0.25) is 9.89 Å². The second-order valence-corrected chi connectivity index (χ2v) is 4.73. The highest BCUT2D eigenvalue weighted by molar-refractivity contribution is 7.09. The summed E-state index contributed by atoms with van der Waals surface area (Å²) in [5, 5.41) is 12.2. The van der Waals surface area contributed by atoms with Gasteiger partial charge in [-0.2, -0.15) is 5.10 Å². The number of hydrogen-bond acceptors (Lipinski definition) is 5. The van der Waals surface area contributed by atoms with Gasteiger partial charge in [0, 0.05) is 17.6 Å². The van der Waals surface area contributed by atoms with Crippen molar-refractivity contribution in [1.29, 1.82) is 0 Å². The summed E-state index contributed by atoms with van der Waals surface area (Å²) in [4.78, 5) is 16.0. The molecule has 96 valence electrons. The van der Waals surface area contributed by atoms with E-state index in [4.69, 9.17) is 4.42 Å². The molecular weight excluding hydrogens is 264 g/mol. The average Bonchev–Trinajstić information content (AvgIpc) is 3.14. The second kappa shape index (κ2) is 5.07. The van der Waals surface area contributed by atoms with Gasteiger partial charge >= 0.3 is 0 Å². The monoisotopic (exact) mass is 274 g/mol. The second-order valence-electron chi connectivity index (χ2n) is 3.75. The van der Waals surface area contributed by atoms with Crippen LogP contribution in [0.1, 0.15) is 15.5 Å². The van der Waals surface area contributed by atoms with Gasteiger partial charge in [0.2, 0.25) is 0 Å². The molecule has 0 unspecified atom stereocenters. The number of aromatic amines is 1. The lowest BCUT2D eigenvalue weighted by atomic mass is 10.3. The van der Waals surface area contributed by atoms with Crippen molar-refractivity contribution in [3.05, 3.63) is 46.7 Å². The van der Waals surface area contributed by atoms with E-state index in [0.717, 1.165) is 5.01 Å². The van der Waals surface area contributed by atoms with Gasteiger partial charge in [-0.15, -0.1) is 11.3 Å². The third kappa shape index (κ3) is 2.55. The van der Waals surface area contributed by atoms with E-state index < -0.39 is 0 Å². The van der Waals surface area contributed by atoms with E-state index >= 15 is 0 Å². The van der Waals surface area contributed by atoms with Gasteiger partial charge in [0.1, 0.15) is 10.7 Å². The molecule has 0 atom stereocenters. The predicted molar refractivity (Wildman–Crippen MR) is 69.6 cm³/mol. The molecule has 1 amide bonds. The molecule has 2 N–H and O–H groups in total. The maximum Gasteiger partial charge on any atom is 0.272 e. The minimum absolute atomic E-state index is 0.246. The number of thiazole rings is 1. The van der Waals surface area contributed by atoms with Gasteiger partial charge in [0.25, 0.3) is 5.91 Å². The summed E-state index contributed by atoms with van der Waals surface area (Å²) in [5.41, 5.74) is 0.993. The summed E-state index contributed by atoms with van der Waals surface area (Å²) >= 11 is 1.49. The Morgan fingerprint density at radius 1 is 1.53 bits per heavy atom. The van der Waals surface area contributed by atoms with Crippen LogP contribution in [0.2, 0.25) is 0 Å². The molecule has 0 saturated heterocycles. The zero-order valence-electron chi connectivity index (χ0n) is 9.79. The highest BCUT2D eigenvalue weighted by Crippen LogP contribution is 2.17. The van der Waals surface area contributed by atoms with Gasteiger partial charge in [0.15, 0.2) is 11.5 Å². The van der Waals surface area contributed by atoms with Crippen LogP contribution in [0, 0.1) is 0 Å². The number of aromatic nitrogens is 3. The highest BCUT2D eigenvalue weighted by atomic mass is 32.1. The van der Waals surface area contributed by atoms with Gasteiger partial charge in [-0.25, -0.2) is 4.98 Å². The summed E-state index contributed by atoms with van der Waals surface area (Å²) in [5.74, 6) is 0.399. The van der Waals surface area contributed by atoms with Crippen LogP contribution in [0.25, 0.3) is 11.5 Å². The molecule has 6 nitrogen and oxygen atoms in total. The number of amides is 1. The SMILES string of the molecule is O=C(NCc1nccs1)c1cc(-c2ccco2)[nH]n1. The Hall–Kier alpha value is -2.41. The molecule has 0 fully saturated rings. The lowest BCUT2D eigenvalue weighted by molar-refractivity contribution is 0.0946. The van der Waals surface area contributed by atoms with Crippen LogP contribution < -0.4 is 5.32 Å². The Bertz CT molecular complexity index is 658. The third-order valence-corrected chi connectivity index (χ3v) is 3.26. The van der Waals surface area contributed by atoms with Crippen LogP contribution >= 0.6 is 11.3 Å². The number of furan rings is 1. The van der Waals surface area contributed by atoms with E-state index in [9.17, 15) is 4.79 Å². The molecule has 0 saturated carbocycles. The van der Waals surface area contributed by atoms with Crippen molar-refractivity contribution in [2.75, 3.05) is 0 Å². The van der Waals surface area contributed by atoms with Crippen molar-refractivity contribution in [1.82, 2.24) is 20.5 Å². The molecule has 3 aromatic rings. The minimum Gasteiger partial charge on any atom is -0.463 e. The fourth-order valence-electron chi connectivity index (χ4n) is 1.58. The normalized spacial score (nSPS) is 10.5. The molecule has 3 heterocycles. The van der Waals surface area contributed by atoms with Gasteiger partial charge in [-0.05, 0) is 12.1 Å². The molecule has 0 radical (unpaired) electrons. The first-order chi connectivity index (χ1) is 9.33. The summed E-state index contributed by atoms with van der Waals surface area (Å²) < 4.78 is 5.22. The van der Waals surface area contributed by atoms with E-state index in [0.29, 0.717) is 23.7 Å². The van der Waals surface area contributed by atoms with Gasteiger partial charge < -0.3 is 9.73 Å². The Kier molecular flexibility index (Phi) is 3.11. The summed E-state index contributed by atoms with van der Waals surface area (Å²) in [7, 11) is 0. The number of nitrogens with zero attached hydrogens (tertiary/aromatic N) is 2. The quantitative estimate of drug-likeness (QED) is 0.762. The van der Waals surface area contributed by atoms with E-state index in [1.807, 2.05) is 5.38 Å². The Labute approximate surface area is 112 Å². The van der Waals surface area contributed by atoms with Crippen LogP contribution in [0.5, 0.6) is 0 Å². The van der Waals surface area contributed by atoms with Crippen LogP contribution in [-0.4, -0.2) is 21.1 Å². The molecule has 0 bridgehead atoms. The lowest BCUT2D eigenvalue weighted by Gasteiger charge is -1.98. The lowest BCUT2D eigenvalue weighted by Crippen LogP contribution is -2.23. The molecule has 0 aliphatic heterocycles. The van der Waals surface area contributed by atoms with Crippen molar-refractivity contribution in [3.8, 4) is 11.5 Å². The smallest absolute Gasteiger partial charge is 0.272 e. The molecule has 0 spiro atoms. The Balaban J connectivity index is 1.67. The Morgan fingerprint density at radius 2 is 2.47 bits per heavy atom. The van der Waals surface area contributed by atoms with E-state index in [1.165, 1.54) is 11.3 Å². The Morgan fingerprint density at radius 3 is 3.21 bits per heavy atom. The number of rotatable bonds is 4. The number of carbonyl (C=O) groups is 1. The predicted octanol–water partition coefficient (Wildman–Crippen LogP) is 2.06. The molecule has 3 rings (SSSR count). The highest BCUT2D eigenvalue weighted by Gasteiger charge is 2.12. The maximum absolute atomic E-state index is 11.9. The summed E-state index contributed by atoms with van der Waals surface area (Å²) in [6.45, 7) is 0.402.